The van der Waals surface area contributed by atoms with Crippen LogP contribution in [0.5, 0.6) is 0 Å². The Morgan fingerprint density at radius 1 is 0.756 bits per heavy atom. The van der Waals surface area contributed by atoms with E-state index in [1.54, 1.807) is 0 Å². The standard InChI is InChI=1S/C30H42N4O4S3/c1-3-5-17-7-9-19-21(15-17)40-29(25(19)27(31)37)33-23(35)11-13-39-14-12-24(36)34-30-26(28(32)38)20-10-8-18(6-4-2)16-22(20)41-30/h17-18H,3-16H2,1-2H3,(H2,31,37)(H2,32,38)(H,33,35)(H,34,36)/t17-,18-/m1/s1. The number of primary amides is 2. The summed E-state index contributed by atoms with van der Waals surface area (Å²) in [6.45, 7) is 4.37. The molecule has 6 N–H and O–H groups in total. The van der Waals surface area contributed by atoms with Crippen molar-refractivity contribution >= 4 is 68.1 Å². The predicted octanol–water partition coefficient (Wildman–Crippen LogP) is 5.91. The highest BCUT2D eigenvalue weighted by Crippen LogP contribution is 2.42. The molecular weight excluding hydrogens is 577 g/mol. The lowest BCUT2D eigenvalue weighted by molar-refractivity contribution is -0.116. The zero-order valence-corrected chi connectivity index (χ0v) is 26.5. The zero-order chi connectivity index (χ0) is 29.5. The van der Waals surface area contributed by atoms with E-state index in [1.165, 1.54) is 57.0 Å². The maximum Gasteiger partial charge on any atom is 0.251 e. The number of amides is 4. The van der Waals surface area contributed by atoms with Crippen LogP contribution in [-0.2, 0) is 35.3 Å². The van der Waals surface area contributed by atoms with Gasteiger partial charge in [0.2, 0.25) is 11.8 Å². The van der Waals surface area contributed by atoms with Crippen LogP contribution in [0.4, 0.5) is 10.0 Å². The summed E-state index contributed by atoms with van der Waals surface area (Å²) in [6.07, 6.45) is 10.8. The Morgan fingerprint density at radius 2 is 1.17 bits per heavy atom. The summed E-state index contributed by atoms with van der Waals surface area (Å²) in [6, 6.07) is 0. The molecule has 0 saturated heterocycles. The summed E-state index contributed by atoms with van der Waals surface area (Å²) in [5, 5.41) is 6.98. The van der Waals surface area contributed by atoms with Crippen LogP contribution in [0.15, 0.2) is 0 Å². The Kier molecular flexibility index (Phi) is 11.3. The molecule has 0 aliphatic heterocycles. The third-order valence-corrected chi connectivity index (χ3v) is 11.4. The SMILES string of the molecule is CCC[C@@H]1CCc2c(sc(NC(=O)CCSCCC(=O)Nc3sc4c(c3C(N)=O)CC[C@@H](CCC)C4)c2C(N)=O)C1. The first kappa shape index (κ1) is 31.6. The Hall–Kier alpha value is -2.37. The molecule has 0 fully saturated rings. The lowest BCUT2D eigenvalue weighted by Gasteiger charge is -2.21. The molecule has 0 radical (unpaired) electrons. The molecule has 41 heavy (non-hydrogen) atoms. The number of hydrogen-bond acceptors (Lipinski definition) is 7. The van der Waals surface area contributed by atoms with Gasteiger partial charge in [-0.2, -0.15) is 11.8 Å². The molecule has 2 heterocycles. The van der Waals surface area contributed by atoms with Crippen LogP contribution in [0, 0.1) is 11.8 Å². The van der Waals surface area contributed by atoms with Crippen molar-refractivity contribution in [3.8, 4) is 0 Å². The van der Waals surface area contributed by atoms with Gasteiger partial charge in [0.15, 0.2) is 0 Å². The lowest BCUT2D eigenvalue weighted by Crippen LogP contribution is -2.20. The summed E-state index contributed by atoms with van der Waals surface area (Å²) in [5.74, 6) is 1.04. The minimum atomic E-state index is -0.487. The topological polar surface area (TPSA) is 144 Å². The molecule has 2 aromatic heterocycles. The van der Waals surface area contributed by atoms with E-state index >= 15 is 0 Å². The average Bonchev–Trinajstić information content (AvgIpc) is 3.45. The molecule has 0 bridgehead atoms. The van der Waals surface area contributed by atoms with Gasteiger partial charge in [-0.1, -0.05) is 39.5 Å². The van der Waals surface area contributed by atoms with Gasteiger partial charge < -0.3 is 22.1 Å². The van der Waals surface area contributed by atoms with Crippen LogP contribution in [0.1, 0.15) is 107 Å². The second-order valence-corrected chi connectivity index (χ2v) is 14.6. The minimum absolute atomic E-state index is 0.162. The molecule has 2 aromatic rings. The minimum Gasteiger partial charge on any atom is -0.365 e. The predicted molar refractivity (Wildman–Crippen MR) is 170 cm³/mol. The van der Waals surface area contributed by atoms with Gasteiger partial charge in [0.25, 0.3) is 11.8 Å². The van der Waals surface area contributed by atoms with Gasteiger partial charge in [0, 0.05) is 34.1 Å². The molecule has 0 aromatic carbocycles. The smallest absolute Gasteiger partial charge is 0.251 e. The van der Waals surface area contributed by atoms with E-state index in [9.17, 15) is 19.2 Å². The van der Waals surface area contributed by atoms with Crippen molar-refractivity contribution in [2.45, 2.75) is 90.9 Å². The molecule has 2 aliphatic rings. The Morgan fingerprint density at radius 3 is 1.54 bits per heavy atom. The quantitative estimate of drug-likeness (QED) is 0.195. The molecule has 0 spiro atoms. The van der Waals surface area contributed by atoms with Crippen LogP contribution >= 0.6 is 34.4 Å². The van der Waals surface area contributed by atoms with Gasteiger partial charge in [0.1, 0.15) is 10.0 Å². The van der Waals surface area contributed by atoms with E-state index in [0.29, 0.717) is 44.5 Å². The van der Waals surface area contributed by atoms with Crippen LogP contribution in [0.3, 0.4) is 0 Å². The first-order valence-electron chi connectivity index (χ1n) is 14.8. The van der Waals surface area contributed by atoms with Crippen LogP contribution < -0.4 is 22.1 Å². The highest BCUT2D eigenvalue weighted by molar-refractivity contribution is 7.99. The van der Waals surface area contributed by atoms with E-state index < -0.39 is 11.8 Å². The van der Waals surface area contributed by atoms with Crippen molar-refractivity contribution in [2.24, 2.45) is 23.3 Å². The normalized spacial score (nSPS) is 17.9. The van der Waals surface area contributed by atoms with Gasteiger partial charge in [-0.15, -0.1) is 22.7 Å². The molecule has 0 unspecified atom stereocenters. The Bertz CT molecular complexity index is 1190. The second-order valence-electron chi connectivity index (χ2n) is 11.1. The van der Waals surface area contributed by atoms with E-state index in [1.807, 2.05) is 0 Å². The zero-order valence-electron chi connectivity index (χ0n) is 24.1. The lowest BCUT2D eigenvalue weighted by atomic mass is 9.84. The number of nitrogens with two attached hydrogens (primary N) is 2. The number of rotatable bonds is 14. The molecule has 2 atom stereocenters. The summed E-state index contributed by atoms with van der Waals surface area (Å²) in [7, 11) is 0. The molecule has 224 valence electrons. The number of fused-ring (bicyclic) bond motifs is 2. The van der Waals surface area contributed by atoms with Gasteiger partial charge in [0.05, 0.1) is 11.1 Å². The van der Waals surface area contributed by atoms with Gasteiger partial charge in [-0.3, -0.25) is 19.2 Å². The summed E-state index contributed by atoms with van der Waals surface area (Å²) < 4.78 is 0. The Labute approximate surface area is 254 Å². The fourth-order valence-electron chi connectivity index (χ4n) is 6.13. The molecule has 2 aliphatic carbocycles. The number of nitrogens with one attached hydrogen (secondary N) is 2. The van der Waals surface area contributed by atoms with Crippen molar-refractivity contribution in [3.05, 3.63) is 32.0 Å². The maximum atomic E-state index is 12.7. The largest absolute Gasteiger partial charge is 0.365 e. The fourth-order valence-corrected chi connectivity index (χ4v) is 9.76. The number of carbonyl (C=O) groups excluding carboxylic acids is 4. The number of carbonyl (C=O) groups is 4. The molecule has 8 nitrogen and oxygen atoms in total. The second kappa shape index (κ2) is 14.7. The molecule has 4 amide bonds. The molecule has 0 saturated carbocycles. The maximum absolute atomic E-state index is 12.7. The van der Waals surface area contributed by atoms with Crippen LogP contribution in [0.2, 0.25) is 0 Å². The molecule has 4 rings (SSSR count). The third kappa shape index (κ3) is 7.93. The fraction of sp³-hybridized carbons (Fsp3) is 0.600. The van der Waals surface area contributed by atoms with Crippen molar-refractivity contribution in [3.63, 3.8) is 0 Å². The first-order valence-corrected chi connectivity index (χ1v) is 17.6. The number of hydrogen-bond donors (Lipinski definition) is 4. The number of thioether (sulfide) groups is 1. The third-order valence-electron chi connectivity index (χ3n) is 8.07. The van der Waals surface area contributed by atoms with Crippen molar-refractivity contribution < 1.29 is 19.2 Å². The van der Waals surface area contributed by atoms with Gasteiger partial charge >= 0.3 is 0 Å². The molecular formula is C30H42N4O4S3. The van der Waals surface area contributed by atoms with Crippen LogP contribution in [0.25, 0.3) is 0 Å². The summed E-state index contributed by atoms with van der Waals surface area (Å²) in [4.78, 5) is 52.1. The van der Waals surface area contributed by atoms with Gasteiger partial charge in [-0.25, -0.2) is 0 Å². The highest BCUT2D eigenvalue weighted by Gasteiger charge is 2.29. The van der Waals surface area contributed by atoms with Crippen molar-refractivity contribution in [1.29, 1.82) is 0 Å². The van der Waals surface area contributed by atoms with Crippen molar-refractivity contribution in [2.75, 3.05) is 22.1 Å². The van der Waals surface area contributed by atoms with E-state index in [-0.39, 0.29) is 24.7 Å². The van der Waals surface area contributed by atoms with E-state index in [2.05, 4.69) is 24.5 Å². The Balaban J connectivity index is 1.23. The average molecular weight is 619 g/mol. The van der Waals surface area contributed by atoms with Crippen molar-refractivity contribution in [1.82, 2.24) is 0 Å². The van der Waals surface area contributed by atoms with E-state index in [0.717, 1.165) is 62.5 Å². The highest BCUT2D eigenvalue weighted by atomic mass is 32.2. The van der Waals surface area contributed by atoms with Crippen LogP contribution in [-0.4, -0.2) is 35.1 Å². The summed E-state index contributed by atoms with van der Waals surface area (Å²) in [5.41, 5.74) is 14.4. The van der Waals surface area contributed by atoms with E-state index in [4.69, 9.17) is 11.5 Å². The summed E-state index contributed by atoms with van der Waals surface area (Å²) >= 11 is 4.50. The first-order chi connectivity index (χ1) is 19.7. The molecule has 11 heteroatoms. The monoisotopic (exact) mass is 618 g/mol. The van der Waals surface area contributed by atoms with Gasteiger partial charge in [-0.05, 0) is 61.5 Å². The number of anilines is 2. The number of thiophene rings is 2.